The van der Waals surface area contributed by atoms with Crippen LogP contribution in [0.15, 0.2) is 16.7 Å². The fourth-order valence-corrected chi connectivity index (χ4v) is 0.984. The Kier molecular flexibility index (Phi) is 2.50. The van der Waals surface area contributed by atoms with Crippen molar-refractivity contribution >= 4 is 5.97 Å². The molecule has 1 aromatic rings. The molecule has 0 amide bonds. The smallest absolute Gasteiger partial charge is 0.306 e. The summed E-state index contributed by atoms with van der Waals surface area (Å²) < 4.78 is 4.91. The molecule has 0 fully saturated rings. The molecule has 0 spiro atoms. The van der Waals surface area contributed by atoms with Gasteiger partial charge in [-0.05, 0) is 18.6 Å². The third-order valence-corrected chi connectivity index (χ3v) is 1.57. The summed E-state index contributed by atoms with van der Waals surface area (Å²) in [6.45, 7) is 1.75. The second-order valence-corrected chi connectivity index (χ2v) is 2.58. The van der Waals surface area contributed by atoms with Crippen molar-refractivity contribution in [3.8, 4) is 0 Å². The van der Waals surface area contributed by atoms with Crippen LogP contribution in [0, 0.1) is 6.92 Å². The Morgan fingerprint density at radius 3 is 2.83 bits per heavy atom. The van der Waals surface area contributed by atoms with Gasteiger partial charge in [-0.25, -0.2) is 0 Å². The summed E-state index contributed by atoms with van der Waals surface area (Å²) in [4.78, 5) is 10.2. The van der Waals surface area contributed by atoms with Crippen molar-refractivity contribution in [1.82, 2.24) is 0 Å². The van der Waals surface area contributed by atoms with E-state index in [-0.39, 0.29) is 6.42 Å². The van der Waals surface area contributed by atoms with Crippen molar-refractivity contribution in [2.75, 3.05) is 0 Å². The lowest BCUT2D eigenvalue weighted by Gasteiger charge is -2.04. The monoisotopic (exact) mass is 170 g/mol. The predicted molar refractivity (Wildman–Crippen MR) is 40.7 cm³/mol. The first-order valence-electron chi connectivity index (χ1n) is 3.55. The van der Waals surface area contributed by atoms with Gasteiger partial charge in [0.25, 0.3) is 0 Å². The number of hydrogen-bond acceptors (Lipinski definition) is 3. The minimum atomic E-state index is -1.04. The van der Waals surface area contributed by atoms with Gasteiger partial charge < -0.3 is 14.6 Å². The molecule has 0 radical (unpaired) electrons. The maximum Gasteiger partial charge on any atom is 0.306 e. The van der Waals surface area contributed by atoms with Gasteiger partial charge in [-0.3, -0.25) is 4.79 Å². The standard InChI is InChI=1S/C8H10O4/c1-5-2-3-12-8(5)6(9)4-7(10)11/h2-3,6,9H,4H2,1H3,(H,10,11)/t6-/m0/s1. The van der Waals surface area contributed by atoms with Gasteiger partial charge in [0.1, 0.15) is 11.9 Å². The number of aryl methyl sites for hydroxylation is 1. The minimum Gasteiger partial charge on any atom is -0.481 e. The minimum absolute atomic E-state index is 0.325. The average molecular weight is 170 g/mol. The molecule has 2 N–H and O–H groups in total. The van der Waals surface area contributed by atoms with Gasteiger partial charge in [0.15, 0.2) is 0 Å². The highest BCUT2D eigenvalue weighted by molar-refractivity contribution is 5.67. The van der Waals surface area contributed by atoms with E-state index >= 15 is 0 Å². The van der Waals surface area contributed by atoms with Crippen LogP contribution < -0.4 is 0 Å². The topological polar surface area (TPSA) is 70.7 Å². The molecule has 0 aromatic carbocycles. The average Bonchev–Trinajstić information content (AvgIpc) is 2.33. The van der Waals surface area contributed by atoms with E-state index in [4.69, 9.17) is 9.52 Å². The largest absolute Gasteiger partial charge is 0.481 e. The van der Waals surface area contributed by atoms with Gasteiger partial charge in [-0.15, -0.1) is 0 Å². The molecule has 0 aliphatic carbocycles. The molecule has 12 heavy (non-hydrogen) atoms. The number of aliphatic carboxylic acids is 1. The summed E-state index contributed by atoms with van der Waals surface area (Å²) in [5.74, 6) is -0.712. The molecule has 0 unspecified atom stereocenters. The highest BCUT2D eigenvalue weighted by Gasteiger charge is 2.16. The third kappa shape index (κ3) is 1.85. The summed E-state index contributed by atoms with van der Waals surface area (Å²) in [5.41, 5.74) is 0.767. The van der Waals surface area contributed by atoms with Crippen LogP contribution in [-0.2, 0) is 4.79 Å². The van der Waals surface area contributed by atoms with Gasteiger partial charge in [0, 0.05) is 0 Å². The van der Waals surface area contributed by atoms with E-state index < -0.39 is 12.1 Å². The zero-order valence-corrected chi connectivity index (χ0v) is 6.65. The van der Waals surface area contributed by atoms with Crippen LogP contribution in [0.25, 0.3) is 0 Å². The van der Waals surface area contributed by atoms with E-state index in [0.717, 1.165) is 5.56 Å². The Labute approximate surface area is 69.4 Å². The van der Waals surface area contributed by atoms with Gasteiger partial charge in [-0.2, -0.15) is 0 Å². The highest BCUT2D eigenvalue weighted by Crippen LogP contribution is 2.20. The van der Waals surface area contributed by atoms with E-state index in [1.165, 1.54) is 6.26 Å². The van der Waals surface area contributed by atoms with E-state index in [1.807, 2.05) is 0 Å². The Morgan fingerprint density at radius 2 is 2.42 bits per heavy atom. The first-order chi connectivity index (χ1) is 5.61. The molecule has 1 heterocycles. The van der Waals surface area contributed by atoms with Gasteiger partial charge in [0.2, 0.25) is 0 Å². The van der Waals surface area contributed by atoms with Crippen molar-refractivity contribution in [2.24, 2.45) is 0 Å². The molecule has 0 bridgehead atoms. The van der Waals surface area contributed by atoms with Crippen molar-refractivity contribution in [3.05, 3.63) is 23.7 Å². The number of aliphatic hydroxyl groups excluding tert-OH is 1. The van der Waals surface area contributed by atoms with Crippen molar-refractivity contribution < 1.29 is 19.4 Å². The molecule has 0 saturated heterocycles. The molecular formula is C8H10O4. The molecule has 0 saturated carbocycles. The van der Waals surface area contributed by atoms with Crippen molar-refractivity contribution in [1.29, 1.82) is 0 Å². The summed E-state index contributed by atoms with van der Waals surface area (Å²) in [6, 6.07) is 1.68. The Morgan fingerprint density at radius 1 is 1.75 bits per heavy atom. The van der Waals surface area contributed by atoms with Crippen molar-refractivity contribution in [2.45, 2.75) is 19.4 Å². The number of rotatable bonds is 3. The van der Waals surface area contributed by atoms with Crippen LogP contribution in [0.5, 0.6) is 0 Å². The van der Waals surface area contributed by atoms with Crippen LogP contribution in [0.1, 0.15) is 23.8 Å². The molecule has 66 valence electrons. The Balaban J connectivity index is 2.71. The number of furan rings is 1. The van der Waals surface area contributed by atoms with Crippen LogP contribution in [-0.4, -0.2) is 16.2 Å². The van der Waals surface area contributed by atoms with E-state index in [1.54, 1.807) is 13.0 Å². The SMILES string of the molecule is Cc1ccoc1[C@@H](O)CC(=O)O. The second-order valence-electron chi connectivity index (χ2n) is 2.58. The zero-order valence-electron chi connectivity index (χ0n) is 6.65. The number of aliphatic hydroxyl groups is 1. The van der Waals surface area contributed by atoms with E-state index in [9.17, 15) is 9.90 Å². The van der Waals surface area contributed by atoms with Gasteiger partial charge in [0.05, 0.1) is 12.7 Å². The molecule has 1 aromatic heterocycles. The number of carboxylic acids is 1. The maximum atomic E-state index is 10.2. The predicted octanol–water partition coefficient (Wildman–Crippen LogP) is 1.10. The number of carboxylic acid groups (broad SMARTS) is 1. The number of hydrogen-bond donors (Lipinski definition) is 2. The fraction of sp³-hybridized carbons (Fsp3) is 0.375. The maximum absolute atomic E-state index is 10.2. The van der Waals surface area contributed by atoms with Crippen LogP contribution >= 0.6 is 0 Å². The lowest BCUT2D eigenvalue weighted by molar-refractivity contribution is -0.139. The van der Waals surface area contributed by atoms with Crippen molar-refractivity contribution in [3.63, 3.8) is 0 Å². The molecule has 4 nitrogen and oxygen atoms in total. The molecule has 1 rings (SSSR count). The highest BCUT2D eigenvalue weighted by atomic mass is 16.4. The second kappa shape index (κ2) is 3.40. The van der Waals surface area contributed by atoms with Crippen LogP contribution in [0.3, 0.4) is 0 Å². The zero-order chi connectivity index (χ0) is 9.14. The third-order valence-electron chi connectivity index (χ3n) is 1.57. The lowest BCUT2D eigenvalue weighted by Crippen LogP contribution is -2.05. The molecule has 1 atom stereocenters. The first-order valence-corrected chi connectivity index (χ1v) is 3.55. The Bertz CT molecular complexity index is 276. The summed E-state index contributed by atoms with van der Waals surface area (Å²) in [6.07, 6.45) is 0.0573. The van der Waals surface area contributed by atoms with Crippen LogP contribution in [0.4, 0.5) is 0 Å². The quantitative estimate of drug-likeness (QED) is 0.712. The molecule has 4 heteroatoms. The van der Waals surface area contributed by atoms with E-state index in [2.05, 4.69) is 0 Å². The summed E-state index contributed by atoms with van der Waals surface area (Å²) >= 11 is 0. The fourth-order valence-electron chi connectivity index (χ4n) is 0.984. The molecule has 0 aliphatic heterocycles. The first kappa shape index (κ1) is 8.80. The number of carbonyl (C=O) groups is 1. The Hall–Kier alpha value is -1.29. The van der Waals surface area contributed by atoms with Gasteiger partial charge in [-0.1, -0.05) is 0 Å². The summed E-state index contributed by atoms with van der Waals surface area (Å²) in [5, 5.41) is 17.7. The van der Waals surface area contributed by atoms with Gasteiger partial charge >= 0.3 is 5.97 Å². The van der Waals surface area contributed by atoms with Crippen LogP contribution in [0.2, 0.25) is 0 Å². The summed E-state index contributed by atoms with van der Waals surface area (Å²) in [7, 11) is 0. The molecule has 0 aliphatic rings. The molecular weight excluding hydrogens is 160 g/mol. The van der Waals surface area contributed by atoms with E-state index in [0.29, 0.717) is 5.76 Å². The lowest BCUT2D eigenvalue weighted by atomic mass is 10.1. The normalized spacial score (nSPS) is 12.8.